The fraction of sp³-hybridized carbons (Fsp3) is 0.611. The van der Waals surface area contributed by atoms with E-state index in [9.17, 15) is 18.3 Å². The second-order valence-electron chi connectivity index (χ2n) is 7.47. The molecule has 0 amide bonds. The van der Waals surface area contributed by atoms with E-state index in [1.54, 1.807) is 26.0 Å². The minimum atomic E-state index is -4.13. The van der Waals surface area contributed by atoms with Gasteiger partial charge in [-0.1, -0.05) is 17.7 Å². The zero-order valence-electron chi connectivity index (χ0n) is 15.7. The third kappa shape index (κ3) is 4.02. The van der Waals surface area contributed by atoms with Crippen LogP contribution in [0.5, 0.6) is 0 Å². The van der Waals surface area contributed by atoms with E-state index in [0.717, 1.165) is 12.7 Å². The molecule has 0 radical (unpaired) electrons. The third-order valence-electron chi connectivity index (χ3n) is 4.79. The Morgan fingerprint density at radius 3 is 2.41 bits per heavy atom. The summed E-state index contributed by atoms with van der Waals surface area (Å²) in [5.74, 6) is -1.86. The van der Waals surface area contributed by atoms with E-state index in [1.807, 2.05) is 6.92 Å². The quantitative estimate of drug-likeness (QED) is 0.595. The standard InChI is InChI=1S/C18H24O8S/c1-11-5-7-12(8-6-11)27(21,22)26-14-10-18(20,16(19)23-4)9-13-15(14)25-17(2,3)24-13/h5-8,13-15,20H,9-10H2,1-4H3/t13?,14-,15?,18?/m1/s1. The predicted molar refractivity (Wildman–Crippen MR) is 93.3 cm³/mol. The average Bonchev–Trinajstić information content (AvgIpc) is 2.88. The average molecular weight is 400 g/mol. The molecule has 1 aliphatic carbocycles. The largest absolute Gasteiger partial charge is 0.467 e. The van der Waals surface area contributed by atoms with Gasteiger partial charge in [0.15, 0.2) is 11.4 Å². The fourth-order valence-corrected chi connectivity index (χ4v) is 4.65. The van der Waals surface area contributed by atoms with Crippen LogP contribution >= 0.6 is 0 Å². The Morgan fingerprint density at radius 1 is 1.19 bits per heavy atom. The van der Waals surface area contributed by atoms with E-state index in [1.165, 1.54) is 12.1 Å². The van der Waals surface area contributed by atoms with Gasteiger partial charge in [0.1, 0.15) is 12.2 Å². The highest BCUT2D eigenvalue weighted by Gasteiger charge is 2.58. The van der Waals surface area contributed by atoms with E-state index in [2.05, 4.69) is 4.74 Å². The Balaban J connectivity index is 1.91. The summed E-state index contributed by atoms with van der Waals surface area (Å²) in [4.78, 5) is 12.1. The van der Waals surface area contributed by atoms with Crippen LogP contribution in [-0.2, 0) is 33.3 Å². The van der Waals surface area contributed by atoms with Crippen molar-refractivity contribution in [2.24, 2.45) is 0 Å². The maximum absolute atomic E-state index is 12.7. The summed E-state index contributed by atoms with van der Waals surface area (Å²) in [6.45, 7) is 5.19. The molecule has 1 heterocycles. The number of hydrogen-bond donors (Lipinski definition) is 1. The number of carbonyl (C=O) groups is 1. The SMILES string of the molecule is COC(=O)C1(O)CC2OC(C)(C)OC2[C@H](OS(=O)(=O)c2ccc(C)cc2)C1. The number of benzene rings is 1. The molecule has 1 saturated heterocycles. The molecule has 1 N–H and O–H groups in total. The molecular formula is C18H24O8S. The number of hydrogen-bond acceptors (Lipinski definition) is 8. The normalized spacial score (nSPS) is 32.7. The lowest BCUT2D eigenvalue weighted by atomic mass is 9.80. The first-order chi connectivity index (χ1) is 12.5. The minimum Gasteiger partial charge on any atom is -0.467 e. The predicted octanol–water partition coefficient (Wildman–Crippen LogP) is 1.29. The van der Waals surface area contributed by atoms with Crippen LogP contribution in [0.15, 0.2) is 29.2 Å². The summed E-state index contributed by atoms with van der Waals surface area (Å²) in [5, 5.41) is 10.7. The van der Waals surface area contributed by atoms with Gasteiger partial charge in [-0.2, -0.15) is 8.42 Å². The van der Waals surface area contributed by atoms with Crippen molar-refractivity contribution >= 4 is 16.1 Å². The number of aliphatic hydroxyl groups is 1. The number of esters is 1. The molecule has 1 saturated carbocycles. The number of methoxy groups -OCH3 is 1. The molecule has 150 valence electrons. The first kappa shape index (κ1) is 20.2. The van der Waals surface area contributed by atoms with E-state index in [0.29, 0.717) is 0 Å². The van der Waals surface area contributed by atoms with Crippen molar-refractivity contribution in [3.63, 3.8) is 0 Å². The van der Waals surface area contributed by atoms with Crippen molar-refractivity contribution in [1.82, 2.24) is 0 Å². The maximum Gasteiger partial charge on any atom is 0.338 e. The van der Waals surface area contributed by atoms with Crippen LogP contribution in [0.25, 0.3) is 0 Å². The molecule has 3 rings (SSSR count). The van der Waals surface area contributed by atoms with Gasteiger partial charge in [0.25, 0.3) is 10.1 Å². The molecule has 0 aromatic heterocycles. The summed E-state index contributed by atoms with van der Waals surface area (Å²) in [6, 6.07) is 6.19. The Morgan fingerprint density at radius 2 is 1.81 bits per heavy atom. The van der Waals surface area contributed by atoms with Crippen LogP contribution in [0.2, 0.25) is 0 Å². The minimum absolute atomic E-state index is 0.0185. The van der Waals surface area contributed by atoms with Crippen LogP contribution in [0.3, 0.4) is 0 Å². The topological polar surface area (TPSA) is 108 Å². The van der Waals surface area contributed by atoms with Gasteiger partial charge in [-0.05, 0) is 32.9 Å². The molecule has 0 bridgehead atoms. The lowest BCUT2D eigenvalue weighted by molar-refractivity contribution is -0.177. The number of fused-ring (bicyclic) bond motifs is 1. The molecule has 1 aliphatic heterocycles. The third-order valence-corrected chi connectivity index (χ3v) is 6.14. The molecule has 9 heteroatoms. The Bertz CT molecular complexity index is 816. The molecule has 1 aromatic rings. The highest BCUT2D eigenvalue weighted by molar-refractivity contribution is 7.86. The molecule has 1 aromatic carbocycles. The lowest BCUT2D eigenvalue weighted by Crippen LogP contribution is -2.56. The summed E-state index contributed by atoms with van der Waals surface area (Å²) in [5.41, 5.74) is -1.02. The van der Waals surface area contributed by atoms with Crippen LogP contribution in [-0.4, -0.2) is 56.3 Å². The Hall–Kier alpha value is -1.52. The lowest BCUT2D eigenvalue weighted by Gasteiger charge is -2.39. The van der Waals surface area contributed by atoms with Gasteiger partial charge in [0.05, 0.1) is 18.1 Å². The van der Waals surface area contributed by atoms with Crippen molar-refractivity contribution in [1.29, 1.82) is 0 Å². The van der Waals surface area contributed by atoms with Crippen molar-refractivity contribution < 1.29 is 36.7 Å². The first-order valence-corrected chi connectivity index (χ1v) is 10.0. The summed E-state index contributed by atoms with van der Waals surface area (Å²) < 4.78 is 47.0. The highest BCUT2D eigenvalue weighted by atomic mass is 32.2. The van der Waals surface area contributed by atoms with Gasteiger partial charge in [0, 0.05) is 12.8 Å². The summed E-state index contributed by atoms with van der Waals surface area (Å²) >= 11 is 0. The van der Waals surface area contributed by atoms with Gasteiger partial charge in [-0.15, -0.1) is 0 Å². The van der Waals surface area contributed by atoms with E-state index >= 15 is 0 Å². The van der Waals surface area contributed by atoms with Gasteiger partial charge in [-0.25, -0.2) is 4.79 Å². The fourth-order valence-electron chi connectivity index (χ4n) is 3.57. The molecule has 8 nitrogen and oxygen atoms in total. The zero-order valence-corrected chi connectivity index (χ0v) is 16.5. The highest BCUT2D eigenvalue weighted by Crippen LogP contribution is 2.43. The van der Waals surface area contributed by atoms with E-state index in [4.69, 9.17) is 13.7 Å². The maximum atomic E-state index is 12.7. The Kier molecular flexibility index (Phi) is 5.11. The second-order valence-corrected chi connectivity index (χ2v) is 9.04. The van der Waals surface area contributed by atoms with Gasteiger partial charge in [0.2, 0.25) is 0 Å². The molecule has 3 unspecified atom stereocenters. The van der Waals surface area contributed by atoms with Crippen molar-refractivity contribution in [2.45, 2.75) is 68.2 Å². The van der Waals surface area contributed by atoms with Gasteiger partial charge >= 0.3 is 5.97 Å². The van der Waals surface area contributed by atoms with E-state index in [-0.39, 0.29) is 17.7 Å². The molecule has 0 spiro atoms. The number of aryl methyl sites for hydroxylation is 1. The van der Waals surface area contributed by atoms with Crippen molar-refractivity contribution in [3.05, 3.63) is 29.8 Å². The van der Waals surface area contributed by atoms with Crippen molar-refractivity contribution in [3.8, 4) is 0 Å². The molecule has 4 atom stereocenters. The number of carbonyl (C=O) groups excluding carboxylic acids is 1. The molecular weight excluding hydrogens is 376 g/mol. The number of ether oxygens (including phenoxy) is 3. The monoisotopic (exact) mass is 400 g/mol. The number of rotatable bonds is 4. The smallest absolute Gasteiger partial charge is 0.338 e. The van der Waals surface area contributed by atoms with Gasteiger partial charge < -0.3 is 19.3 Å². The van der Waals surface area contributed by atoms with Crippen LogP contribution < -0.4 is 0 Å². The molecule has 27 heavy (non-hydrogen) atoms. The molecule has 2 aliphatic rings. The summed E-state index contributed by atoms with van der Waals surface area (Å²) in [6.07, 6.45) is -2.93. The van der Waals surface area contributed by atoms with Crippen LogP contribution in [0.4, 0.5) is 0 Å². The van der Waals surface area contributed by atoms with Crippen LogP contribution in [0, 0.1) is 6.92 Å². The van der Waals surface area contributed by atoms with E-state index < -0.39 is 45.8 Å². The summed E-state index contributed by atoms with van der Waals surface area (Å²) in [7, 11) is -2.98. The Labute approximate surface area is 158 Å². The zero-order chi connectivity index (χ0) is 20.0. The van der Waals surface area contributed by atoms with Crippen LogP contribution in [0.1, 0.15) is 32.3 Å². The molecule has 2 fully saturated rings. The first-order valence-electron chi connectivity index (χ1n) is 8.62. The van der Waals surface area contributed by atoms with Crippen molar-refractivity contribution in [2.75, 3.05) is 7.11 Å². The van der Waals surface area contributed by atoms with Gasteiger partial charge in [-0.3, -0.25) is 4.18 Å². The second kappa shape index (κ2) is 6.82.